The number of ether oxygens (including phenoxy) is 1. The highest BCUT2D eigenvalue weighted by atomic mass is 16.5. The number of H-pyrrole nitrogens is 1. The maximum absolute atomic E-state index is 12.5. The lowest BCUT2D eigenvalue weighted by molar-refractivity contribution is 0.0467. The molecule has 0 saturated carbocycles. The molecule has 0 bridgehead atoms. The second-order valence-corrected chi connectivity index (χ2v) is 6.64. The number of aromatic nitrogens is 1. The first-order chi connectivity index (χ1) is 13.4. The minimum absolute atomic E-state index is 0.0583. The molecule has 0 spiro atoms. The second-order valence-electron chi connectivity index (χ2n) is 6.64. The zero-order valence-corrected chi connectivity index (χ0v) is 15.4. The Balaban J connectivity index is 1.67. The summed E-state index contributed by atoms with van der Waals surface area (Å²) in [5.41, 5.74) is 2.73. The molecule has 1 N–H and O–H groups in total. The van der Waals surface area contributed by atoms with Crippen molar-refractivity contribution in [3.8, 4) is 0 Å². The van der Waals surface area contributed by atoms with Gasteiger partial charge in [-0.1, -0.05) is 24.3 Å². The van der Waals surface area contributed by atoms with Gasteiger partial charge in [-0.3, -0.25) is 4.79 Å². The predicted octanol–water partition coefficient (Wildman–Crippen LogP) is 3.61. The fourth-order valence-corrected chi connectivity index (χ4v) is 3.17. The lowest BCUT2D eigenvalue weighted by atomic mass is 10.0. The van der Waals surface area contributed by atoms with Crippen molar-refractivity contribution >= 4 is 27.8 Å². The molecule has 0 aliphatic carbocycles. The molecular formula is C22H17NO5. The molecule has 0 aliphatic rings. The van der Waals surface area contributed by atoms with Crippen LogP contribution >= 0.6 is 0 Å². The van der Waals surface area contributed by atoms with E-state index in [0.29, 0.717) is 27.4 Å². The van der Waals surface area contributed by atoms with E-state index in [1.165, 1.54) is 12.1 Å². The molecule has 2 aromatic carbocycles. The first-order valence-electron chi connectivity index (χ1n) is 8.76. The number of carbonyl (C=O) groups is 1. The molecule has 0 atom stereocenters. The molecule has 6 heteroatoms. The smallest absolute Gasteiger partial charge is 0.355 e. The van der Waals surface area contributed by atoms with Crippen molar-refractivity contribution < 1.29 is 13.9 Å². The van der Waals surface area contributed by atoms with E-state index in [2.05, 4.69) is 4.98 Å². The Bertz CT molecular complexity index is 1350. The Labute approximate surface area is 159 Å². The van der Waals surface area contributed by atoms with Gasteiger partial charge in [-0.05, 0) is 37.1 Å². The van der Waals surface area contributed by atoms with Crippen molar-refractivity contribution in [2.24, 2.45) is 0 Å². The molecule has 0 radical (unpaired) electrons. The summed E-state index contributed by atoms with van der Waals surface area (Å²) in [6.07, 6.45) is 0. The van der Waals surface area contributed by atoms with Gasteiger partial charge in [0.15, 0.2) is 5.43 Å². The third-order valence-electron chi connectivity index (χ3n) is 4.83. The standard InChI is InChI=1S/C22H17NO5/c1-12-7-8-15-14(9-20(25)28-21(15)13(12)2)11-27-22(26)18-10-19(24)16-5-3-4-6-17(16)23-18/h3-10H,11H2,1-2H3,(H,23,24). The highest BCUT2D eigenvalue weighted by Crippen LogP contribution is 2.24. The van der Waals surface area contributed by atoms with Crippen molar-refractivity contribution in [1.29, 1.82) is 0 Å². The zero-order chi connectivity index (χ0) is 19.8. The molecule has 2 heterocycles. The molecule has 0 amide bonds. The first kappa shape index (κ1) is 17.7. The average molecular weight is 375 g/mol. The zero-order valence-electron chi connectivity index (χ0n) is 15.4. The normalized spacial score (nSPS) is 11.1. The second kappa shape index (κ2) is 6.81. The Morgan fingerprint density at radius 3 is 2.64 bits per heavy atom. The fraction of sp³-hybridized carbons (Fsp3) is 0.136. The number of fused-ring (bicyclic) bond motifs is 2. The number of carbonyl (C=O) groups excluding carboxylic acids is 1. The summed E-state index contributed by atoms with van der Waals surface area (Å²) < 4.78 is 10.7. The van der Waals surface area contributed by atoms with Crippen LogP contribution < -0.4 is 11.1 Å². The van der Waals surface area contributed by atoms with Gasteiger partial charge in [0.05, 0.1) is 0 Å². The van der Waals surface area contributed by atoms with Crippen LogP contribution in [-0.2, 0) is 11.3 Å². The third kappa shape index (κ3) is 3.09. The lowest BCUT2D eigenvalue weighted by Gasteiger charge is -2.10. The summed E-state index contributed by atoms with van der Waals surface area (Å²) in [4.78, 5) is 39.5. The largest absolute Gasteiger partial charge is 0.456 e. The van der Waals surface area contributed by atoms with Crippen LogP contribution in [0.3, 0.4) is 0 Å². The third-order valence-corrected chi connectivity index (χ3v) is 4.83. The maximum atomic E-state index is 12.5. The number of esters is 1. The molecule has 4 aromatic rings. The summed E-state index contributed by atoms with van der Waals surface area (Å²) in [5, 5.41) is 1.21. The van der Waals surface area contributed by atoms with Crippen LogP contribution in [0, 0.1) is 13.8 Å². The van der Waals surface area contributed by atoms with Crippen molar-refractivity contribution in [2.75, 3.05) is 0 Å². The Morgan fingerprint density at radius 2 is 1.82 bits per heavy atom. The van der Waals surface area contributed by atoms with Crippen LogP contribution in [-0.4, -0.2) is 11.0 Å². The summed E-state index contributed by atoms with van der Waals surface area (Å²) in [7, 11) is 0. The number of nitrogens with one attached hydrogen (secondary N) is 1. The minimum Gasteiger partial charge on any atom is -0.456 e. The summed E-state index contributed by atoms with van der Waals surface area (Å²) >= 11 is 0. The van der Waals surface area contributed by atoms with Crippen molar-refractivity contribution in [2.45, 2.75) is 20.5 Å². The van der Waals surface area contributed by atoms with E-state index in [9.17, 15) is 14.4 Å². The number of benzene rings is 2. The van der Waals surface area contributed by atoms with Gasteiger partial charge in [-0.15, -0.1) is 0 Å². The quantitative estimate of drug-likeness (QED) is 0.436. The van der Waals surface area contributed by atoms with E-state index in [4.69, 9.17) is 9.15 Å². The summed E-state index contributed by atoms with van der Waals surface area (Å²) in [5.74, 6) is -0.673. The van der Waals surface area contributed by atoms with Crippen LogP contribution in [0.15, 0.2) is 62.5 Å². The fourth-order valence-electron chi connectivity index (χ4n) is 3.17. The van der Waals surface area contributed by atoms with Gasteiger partial charge in [0.25, 0.3) is 0 Å². The van der Waals surface area contributed by atoms with Crippen LogP contribution in [0.2, 0.25) is 0 Å². The van der Waals surface area contributed by atoms with Gasteiger partial charge in [-0.25, -0.2) is 9.59 Å². The van der Waals surface area contributed by atoms with E-state index < -0.39 is 11.6 Å². The minimum atomic E-state index is -0.673. The Hall–Kier alpha value is -3.67. The van der Waals surface area contributed by atoms with E-state index in [0.717, 1.165) is 11.1 Å². The summed E-state index contributed by atoms with van der Waals surface area (Å²) in [6.45, 7) is 3.69. The van der Waals surface area contributed by atoms with Gasteiger partial charge in [0.2, 0.25) is 0 Å². The Kier molecular flexibility index (Phi) is 4.31. The molecule has 28 heavy (non-hydrogen) atoms. The SMILES string of the molecule is Cc1ccc2c(COC(=O)c3cc(=O)c4ccccc4[nH]3)cc(=O)oc2c1C. The number of hydrogen-bond acceptors (Lipinski definition) is 5. The van der Waals surface area contributed by atoms with E-state index in [-0.39, 0.29) is 17.7 Å². The molecule has 140 valence electrons. The predicted molar refractivity (Wildman–Crippen MR) is 106 cm³/mol. The maximum Gasteiger partial charge on any atom is 0.355 e. The molecule has 0 fully saturated rings. The molecular weight excluding hydrogens is 358 g/mol. The topological polar surface area (TPSA) is 89.4 Å². The van der Waals surface area contributed by atoms with Gasteiger partial charge >= 0.3 is 11.6 Å². The number of pyridine rings is 1. The van der Waals surface area contributed by atoms with Crippen molar-refractivity contribution in [1.82, 2.24) is 4.98 Å². The highest BCUT2D eigenvalue weighted by molar-refractivity contribution is 5.91. The average Bonchev–Trinajstić information content (AvgIpc) is 2.69. The number of aromatic amines is 1. The van der Waals surface area contributed by atoms with E-state index in [1.807, 2.05) is 26.0 Å². The Morgan fingerprint density at radius 1 is 1.04 bits per heavy atom. The van der Waals surface area contributed by atoms with Crippen LogP contribution in [0.25, 0.3) is 21.9 Å². The van der Waals surface area contributed by atoms with Gasteiger partial charge < -0.3 is 14.1 Å². The molecule has 2 aromatic heterocycles. The number of para-hydroxylation sites is 1. The first-order valence-corrected chi connectivity index (χ1v) is 8.76. The van der Waals surface area contributed by atoms with E-state index >= 15 is 0 Å². The van der Waals surface area contributed by atoms with Crippen LogP contribution in [0.5, 0.6) is 0 Å². The van der Waals surface area contributed by atoms with Crippen LogP contribution in [0.4, 0.5) is 0 Å². The highest BCUT2D eigenvalue weighted by Gasteiger charge is 2.14. The molecule has 0 aliphatic heterocycles. The number of hydrogen-bond donors (Lipinski definition) is 1. The van der Waals surface area contributed by atoms with Crippen molar-refractivity contribution in [3.05, 3.63) is 91.6 Å². The van der Waals surface area contributed by atoms with Crippen LogP contribution in [0.1, 0.15) is 27.2 Å². The van der Waals surface area contributed by atoms with Gasteiger partial charge in [-0.2, -0.15) is 0 Å². The van der Waals surface area contributed by atoms with E-state index in [1.54, 1.807) is 24.3 Å². The number of rotatable bonds is 3. The van der Waals surface area contributed by atoms with Gasteiger partial charge in [0, 0.05) is 34.0 Å². The summed E-state index contributed by atoms with van der Waals surface area (Å²) in [6, 6.07) is 13.2. The molecule has 6 nitrogen and oxygen atoms in total. The number of aryl methyl sites for hydroxylation is 2. The molecule has 4 rings (SSSR count). The lowest BCUT2D eigenvalue weighted by Crippen LogP contribution is -2.13. The van der Waals surface area contributed by atoms with Gasteiger partial charge in [0.1, 0.15) is 17.9 Å². The monoisotopic (exact) mass is 375 g/mol. The van der Waals surface area contributed by atoms with Crippen molar-refractivity contribution in [3.63, 3.8) is 0 Å². The molecule has 0 unspecified atom stereocenters. The molecule has 0 saturated heterocycles.